The molecule has 1 aliphatic heterocycles. The first-order valence-electron chi connectivity index (χ1n) is 10.4. The lowest BCUT2D eigenvalue weighted by atomic mass is 9.89. The van der Waals surface area contributed by atoms with Crippen LogP contribution in [-0.2, 0) is 17.4 Å². The molecule has 30 heavy (non-hydrogen) atoms. The lowest BCUT2D eigenvalue weighted by molar-refractivity contribution is -0.0265. The maximum Gasteiger partial charge on any atom is 0.191 e. The number of nitrogens with zero attached hydrogens (tertiary/aromatic N) is 3. The Hall–Kier alpha value is -1.65. The molecule has 1 aromatic heterocycles. The fourth-order valence-corrected chi connectivity index (χ4v) is 3.66. The van der Waals surface area contributed by atoms with Crippen molar-refractivity contribution in [3.63, 3.8) is 0 Å². The summed E-state index contributed by atoms with van der Waals surface area (Å²) in [6.45, 7) is 6.37. The van der Waals surface area contributed by atoms with Gasteiger partial charge in [0.15, 0.2) is 5.96 Å². The van der Waals surface area contributed by atoms with E-state index >= 15 is 0 Å². The molecule has 8 heteroatoms. The Kier molecular flexibility index (Phi) is 9.57. The maximum absolute atomic E-state index is 10.8. The molecule has 0 saturated carbocycles. The first-order valence-corrected chi connectivity index (χ1v) is 10.4. The highest BCUT2D eigenvalue weighted by atomic mass is 127. The van der Waals surface area contributed by atoms with Crippen molar-refractivity contribution in [3.8, 4) is 0 Å². The molecule has 3 N–H and O–H groups in total. The second-order valence-electron chi connectivity index (χ2n) is 7.86. The number of hydrogen-bond donors (Lipinski definition) is 3. The molecule has 1 aromatic carbocycles. The molecule has 2 aromatic rings. The summed E-state index contributed by atoms with van der Waals surface area (Å²) >= 11 is 0. The molecule has 0 bridgehead atoms. The zero-order valence-electron chi connectivity index (χ0n) is 18.0. The minimum absolute atomic E-state index is 0. The normalized spacial score (nSPS) is 21.4. The largest absolute Gasteiger partial charge is 0.383 e. The lowest BCUT2D eigenvalue weighted by Crippen LogP contribution is -2.42. The molecule has 0 aliphatic carbocycles. The molecule has 1 fully saturated rings. The van der Waals surface area contributed by atoms with Crippen LogP contribution in [0.3, 0.4) is 0 Å². The predicted octanol–water partition coefficient (Wildman–Crippen LogP) is 2.97. The van der Waals surface area contributed by atoms with Crippen molar-refractivity contribution in [3.05, 3.63) is 53.9 Å². The standard InChI is InChI=1S/C22H33N5O2.HI/c1-4-23-21(25-16-22(2,28)19-14-26-27(3)15-19)24-13-18-11-8-12-29-20(18)17-9-6-5-7-10-17;/h5-7,9-10,14-15,18,20,28H,4,8,11-13,16H2,1-3H3,(H2,23,24,25);1H. The molecule has 3 atom stereocenters. The van der Waals surface area contributed by atoms with Gasteiger partial charge in [0, 0.05) is 44.4 Å². The van der Waals surface area contributed by atoms with Crippen LogP contribution in [0.2, 0.25) is 0 Å². The summed E-state index contributed by atoms with van der Waals surface area (Å²) in [7, 11) is 1.84. The minimum Gasteiger partial charge on any atom is -0.383 e. The van der Waals surface area contributed by atoms with Crippen LogP contribution >= 0.6 is 24.0 Å². The van der Waals surface area contributed by atoms with Crippen LogP contribution < -0.4 is 10.6 Å². The molecule has 166 valence electrons. The molecule has 0 radical (unpaired) electrons. The van der Waals surface area contributed by atoms with Gasteiger partial charge in [0.05, 0.1) is 18.8 Å². The van der Waals surface area contributed by atoms with E-state index in [2.05, 4.69) is 45.0 Å². The van der Waals surface area contributed by atoms with Gasteiger partial charge in [-0.3, -0.25) is 4.68 Å². The minimum atomic E-state index is -1.07. The summed E-state index contributed by atoms with van der Waals surface area (Å²) in [6.07, 6.45) is 5.77. The number of aliphatic imine (C=N–C) groups is 1. The van der Waals surface area contributed by atoms with Crippen LogP contribution in [-0.4, -0.2) is 47.1 Å². The summed E-state index contributed by atoms with van der Waals surface area (Å²) in [6, 6.07) is 10.4. The topological polar surface area (TPSA) is 83.7 Å². The van der Waals surface area contributed by atoms with Gasteiger partial charge < -0.3 is 20.5 Å². The van der Waals surface area contributed by atoms with Crippen LogP contribution in [0.4, 0.5) is 0 Å². The third kappa shape index (κ3) is 6.68. The van der Waals surface area contributed by atoms with Gasteiger partial charge in [-0.25, -0.2) is 4.99 Å². The second kappa shape index (κ2) is 11.7. The van der Waals surface area contributed by atoms with Crippen LogP contribution in [0.5, 0.6) is 0 Å². The van der Waals surface area contributed by atoms with Crippen molar-refractivity contribution in [2.24, 2.45) is 18.0 Å². The van der Waals surface area contributed by atoms with E-state index in [4.69, 9.17) is 4.74 Å². The summed E-state index contributed by atoms with van der Waals surface area (Å²) in [5.74, 6) is 1.07. The van der Waals surface area contributed by atoms with E-state index in [9.17, 15) is 5.11 Å². The Bertz CT molecular complexity index is 794. The van der Waals surface area contributed by atoms with Gasteiger partial charge in [-0.1, -0.05) is 30.3 Å². The number of aliphatic hydroxyl groups is 1. The van der Waals surface area contributed by atoms with E-state index in [-0.39, 0.29) is 36.6 Å². The average molecular weight is 527 g/mol. The summed E-state index contributed by atoms with van der Waals surface area (Å²) in [4.78, 5) is 4.62. The summed E-state index contributed by atoms with van der Waals surface area (Å²) in [5.41, 5.74) is 0.904. The second-order valence-corrected chi connectivity index (χ2v) is 7.86. The van der Waals surface area contributed by atoms with E-state index in [1.165, 1.54) is 5.56 Å². The van der Waals surface area contributed by atoms with E-state index in [1.54, 1.807) is 17.8 Å². The van der Waals surface area contributed by atoms with Crippen LogP contribution in [0.15, 0.2) is 47.7 Å². The van der Waals surface area contributed by atoms with E-state index < -0.39 is 5.60 Å². The van der Waals surface area contributed by atoms with E-state index in [0.29, 0.717) is 11.9 Å². The van der Waals surface area contributed by atoms with Crippen molar-refractivity contribution in [2.75, 3.05) is 26.2 Å². The van der Waals surface area contributed by atoms with Crippen molar-refractivity contribution in [1.29, 1.82) is 0 Å². The van der Waals surface area contributed by atoms with Gasteiger partial charge in [-0.2, -0.15) is 5.10 Å². The Balaban J connectivity index is 0.00000320. The monoisotopic (exact) mass is 527 g/mol. The van der Waals surface area contributed by atoms with Crippen molar-refractivity contribution in [2.45, 2.75) is 38.4 Å². The van der Waals surface area contributed by atoms with Crippen molar-refractivity contribution in [1.82, 2.24) is 20.4 Å². The first-order chi connectivity index (χ1) is 14.0. The molecule has 2 heterocycles. The molecular weight excluding hydrogens is 493 g/mol. The van der Waals surface area contributed by atoms with Gasteiger partial charge in [-0.05, 0) is 32.3 Å². The average Bonchev–Trinajstić information content (AvgIpc) is 3.18. The number of ether oxygens (including phenoxy) is 1. The highest BCUT2D eigenvalue weighted by molar-refractivity contribution is 14.0. The molecule has 0 spiro atoms. The summed E-state index contributed by atoms with van der Waals surface area (Å²) < 4.78 is 7.78. The number of halogens is 1. The highest BCUT2D eigenvalue weighted by Gasteiger charge is 2.28. The smallest absolute Gasteiger partial charge is 0.191 e. The number of guanidine groups is 1. The Morgan fingerprint density at radius 2 is 2.10 bits per heavy atom. The SMILES string of the molecule is CCNC(=NCC(C)(O)c1cnn(C)c1)NCC1CCCOC1c1ccccc1.I. The number of rotatable bonds is 7. The van der Waals surface area contributed by atoms with Crippen LogP contribution in [0.25, 0.3) is 0 Å². The van der Waals surface area contributed by atoms with Gasteiger partial charge in [0.1, 0.15) is 5.60 Å². The van der Waals surface area contributed by atoms with Crippen LogP contribution in [0.1, 0.15) is 43.9 Å². The van der Waals surface area contributed by atoms with Gasteiger partial charge in [0.25, 0.3) is 0 Å². The zero-order chi connectivity index (χ0) is 20.7. The van der Waals surface area contributed by atoms with Gasteiger partial charge in [0.2, 0.25) is 0 Å². The molecule has 3 unspecified atom stereocenters. The predicted molar refractivity (Wildman–Crippen MR) is 130 cm³/mol. The third-order valence-corrected chi connectivity index (χ3v) is 5.32. The molecule has 1 aliphatic rings. The van der Waals surface area contributed by atoms with Gasteiger partial charge in [-0.15, -0.1) is 24.0 Å². The number of benzene rings is 1. The van der Waals surface area contributed by atoms with Crippen molar-refractivity contribution >= 4 is 29.9 Å². The van der Waals surface area contributed by atoms with Crippen LogP contribution in [0, 0.1) is 5.92 Å². The zero-order valence-corrected chi connectivity index (χ0v) is 20.4. The highest BCUT2D eigenvalue weighted by Crippen LogP contribution is 2.33. The first kappa shape index (κ1) is 24.6. The number of aromatic nitrogens is 2. The molecule has 1 saturated heterocycles. The number of aryl methyl sites for hydroxylation is 1. The molecule has 7 nitrogen and oxygen atoms in total. The molecule has 3 rings (SSSR count). The Morgan fingerprint density at radius 3 is 2.77 bits per heavy atom. The quantitative estimate of drug-likeness (QED) is 0.293. The third-order valence-electron chi connectivity index (χ3n) is 5.32. The fraction of sp³-hybridized carbons (Fsp3) is 0.545. The number of nitrogens with one attached hydrogen (secondary N) is 2. The van der Waals surface area contributed by atoms with E-state index in [0.717, 1.165) is 38.1 Å². The van der Waals surface area contributed by atoms with Crippen molar-refractivity contribution < 1.29 is 9.84 Å². The molecule has 0 amide bonds. The molecular formula is C22H34IN5O2. The van der Waals surface area contributed by atoms with E-state index in [1.807, 2.05) is 26.2 Å². The lowest BCUT2D eigenvalue weighted by Gasteiger charge is -2.32. The fourth-order valence-electron chi connectivity index (χ4n) is 3.66. The van der Waals surface area contributed by atoms with Gasteiger partial charge >= 0.3 is 0 Å². The maximum atomic E-state index is 10.8. The Labute approximate surface area is 196 Å². The Morgan fingerprint density at radius 1 is 1.33 bits per heavy atom. The number of hydrogen-bond acceptors (Lipinski definition) is 4. The summed E-state index contributed by atoms with van der Waals surface area (Å²) in [5, 5.41) is 21.7.